The first-order valence-corrected chi connectivity index (χ1v) is 7.81. The number of carbonyl (C=O) groups is 1. The van der Waals surface area contributed by atoms with Gasteiger partial charge in [-0.15, -0.1) is 11.8 Å². The molecule has 4 nitrogen and oxygen atoms in total. The van der Waals surface area contributed by atoms with Crippen LogP contribution in [-0.2, 0) is 9.53 Å². The van der Waals surface area contributed by atoms with Crippen molar-refractivity contribution in [3.8, 4) is 0 Å². The van der Waals surface area contributed by atoms with Crippen LogP contribution in [-0.4, -0.2) is 39.0 Å². The van der Waals surface area contributed by atoms with Gasteiger partial charge in [-0.3, -0.25) is 4.79 Å². The summed E-state index contributed by atoms with van der Waals surface area (Å²) in [5, 5.41) is 6.08. The van der Waals surface area contributed by atoms with Gasteiger partial charge in [-0.25, -0.2) is 0 Å². The normalized spacial score (nSPS) is 12.2. The predicted molar refractivity (Wildman–Crippen MR) is 84.1 cm³/mol. The second-order valence-corrected chi connectivity index (χ2v) is 5.61. The zero-order valence-electron chi connectivity index (χ0n) is 12.4. The first kappa shape index (κ1) is 17.0. The average molecular weight is 296 g/mol. The fraction of sp³-hybridized carbons (Fsp3) is 0.533. The van der Waals surface area contributed by atoms with Gasteiger partial charge in [-0.1, -0.05) is 12.1 Å². The van der Waals surface area contributed by atoms with Gasteiger partial charge >= 0.3 is 0 Å². The molecule has 0 bridgehead atoms. The molecule has 0 spiro atoms. The number of methoxy groups -OCH3 is 1. The molecule has 112 valence electrons. The fourth-order valence-electron chi connectivity index (χ4n) is 1.66. The fourth-order valence-corrected chi connectivity index (χ4v) is 2.39. The third-order valence-corrected chi connectivity index (χ3v) is 4.04. The molecule has 0 radical (unpaired) electrons. The molecule has 0 aromatic heterocycles. The lowest BCUT2D eigenvalue weighted by Gasteiger charge is -2.11. The van der Waals surface area contributed by atoms with Crippen molar-refractivity contribution < 1.29 is 9.53 Å². The van der Waals surface area contributed by atoms with E-state index in [-0.39, 0.29) is 5.91 Å². The zero-order chi connectivity index (χ0) is 14.8. The third kappa shape index (κ3) is 6.41. The standard InChI is InChI=1S/C15H24N2O2S/c1-12(16-2)13-5-7-14(8-6-13)20-11-15(18)17-9-4-10-19-3/h5-8,12,16H,4,9-11H2,1-3H3,(H,17,18). The largest absolute Gasteiger partial charge is 0.385 e. The minimum absolute atomic E-state index is 0.0683. The number of hydrogen-bond donors (Lipinski definition) is 2. The molecule has 1 rings (SSSR count). The van der Waals surface area contributed by atoms with E-state index < -0.39 is 0 Å². The number of amides is 1. The van der Waals surface area contributed by atoms with Gasteiger partial charge in [0.25, 0.3) is 0 Å². The molecular weight excluding hydrogens is 272 g/mol. The van der Waals surface area contributed by atoms with Gasteiger partial charge in [0, 0.05) is 31.2 Å². The molecule has 0 aliphatic heterocycles. The quantitative estimate of drug-likeness (QED) is 0.542. The van der Waals surface area contributed by atoms with E-state index in [9.17, 15) is 4.79 Å². The van der Waals surface area contributed by atoms with Crippen LogP contribution in [0.1, 0.15) is 24.9 Å². The van der Waals surface area contributed by atoms with Gasteiger partial charge in [-0.2, -0.15) is 0 Å². The van der Waals surface area contributed by atoms with Crippen molar-refractivity contribution in [1.29, 1.82) is 0 Å². The van der Waals surface area contributed by atoms with Crippen LogP contribution in [0.15, 0.2) is 29.2 Å². The Bertz CT molecular complexity index is 395. The summed E-state index contributed by atoms with van der Waals surface area (Å²) in [6.07, 6.45) is 0.851. The monoisotopic (exact) mass is 296 g/mol. The Balaban J connectivity index is 2.29. The highest BCUT2D eigenvalue weighted by atomic mass is 32.2. The lowest BCUT2D eigenvalue weighted by molar-refractivity contribution is -0.118. The van der Waals surface area contributed by atoms with Crippen molar-refractivity contribution in [3.63, 3.8) is 0 Å². The average Bonchev–Trinajstić information content (AvgIpc) is 2.49. The minimum Gasteiger partial charge on any atom is -0.385 e. The van der Waals surface area contributed by atoms with E-state index in [1.54, 1.807) is 18.9 Å². The van der Waals surface area contributed by atoms with Crippen LogP contribution < -0.4 is 10.6 Å². The molecule has 0 heterocycles. The van der Waals surface area contributed by atoms with E-state index in [2.05, 4.69) is 41.8 Å². The summed E-state index contributed by atoms with van der Waals surface area (Å²) < 4.78 is 4.93. The predicted octanol–water partition coefficient (Wildman–Crippen LogP) is 2.21. The Morgan fingerprint density at radius 3 is 2.65 bits per heavy atom. The Morgan fingerprint density at radius 1 is 1.35 bits per heavy atom. The molecule has 1 amide bonds. The van der Waals surface area contributed by atoms with E-state index >= 15 is 0 Å². The summed E-state index contributed by atoms with van der Waals surface area (Å²) in [4.78, 5) is 12.7. The lowest BCUT2D eigenvalue weighted by Crippen LogP contribution is -2.26. The molecule has 1 atom stereocenters. The number of benzene rings is 1. The van der Waals surface area contributed by atoms with E-state index in [4.69, 9.17) is 4.74 Å². The van der Waals surface area contributed by atoms with Crippen LogP contribution in [0.2, 0.25) is 0 Å². The molecular formula is C15H24N2O2S. The van der Waals surface area contributed by atoms with Crippen LogP contribution in [0.4, 0.5) is 0 Å². The Hall–Kier alpha value is -1.04. The second kappa shape index (κ2) is 9.80. The van der Waals surface area contributed by atoms with Gasteiger partial charge in [0.15, 0.2) is 0 Å². The van der Waals surface area contributed by atoms with Crippen molar-refractivity contribution in [2.45, 2.75) is 24.3 Å². The van der Waals surface area contributed by atoms with Crippen molar-refractivity contribution in [3.05, 3.63) is 29.8 Å². The van der Waals surface area contributed by atoms with Crippen molar-refractivity contribution in [2.75, 3.05) is 33.1 Å². The van der Waals surface area contributed by atoms with Crippen LogP contribution in [0.5, 0.6) is 0 Å². The molecule has 1 aromatic carbocycles. The van der Waals surface area contributed by atoms with Gasteiger partial charge < -0.3 is 15.4 Å². The third-order valence-electron chi connectivity index (χ3n) is 3.03. The number of ether oxygens (including phenoxy) is 1. The van der Waals surface area contributed by atoms with Gasteiger partial charge in [0.05, 0.1) is 5.75 Å². The van der Waals surface area contributed by atoms with Crippen molar-refractivity contribution in [2.24, 2.45) is 0 Å². The Labute approximate surface area is 125 Å². The maximum absolute atomic E-state index is 11.6. The molecule has 0 fully saturated rings. The molecule has 0 aliphatic rings. The van der Waals surface area contributed by atoms with Gasteiger partial charge in [0.1, 0.15) is 0 Å². The highest BCUT2D eigenvalue weighted by Crippen LogP contribution is 2.20. The molecule has 1 aromatic rings. The summed E-state index contributed by atoms with van der Waals surface area (Å²) in [6.45, 7) is 3.47. The Kier molecular flexibility index (Phi) is 8.34. The summed E-state index contributed by atoms with van der Waals surface area (Å²) in [7, 11) is 3.61. The van der Waals surface area contributed by atoms with Crippen molar-refractivity contribution >= 4 is 17.7 Å². The first-order valence-electron chi connectivity index (χ1n) is 6.83. The van der Waals surface area contributed by atoms with Crippen LogP contribution in [0.3, 0.4) is 0 Å². The van der Waals surface area contributed by atoms with Crippen LogP contribution >= 0.6 is 11.8 Å². The van der Waals surface area contributed by atoms with Crippen molar-refractivity contribution in [1.82, 2.24) is 10.6 Å². The van der Waals surface area contributed by atoms with E-state index in [1.165, 1.54) is 5.56 Å². The topological polar surface area (TPSA) is 50.4 Å². The summed E-state index contributed by atoms with van der Waals surface area (Å²) in [5.74, 6) is 0.521. The Morgan fingerprint density at radius 2 is 2.05 bits per heavy atom. The number of nitrogens with one attached hydrogen (secondary N) is 2. The van der Waals surface area contributed by atoms with E-state index in [0.717, 1.165) is 11.3 Å². The van der Waals surface area contributed by atoms with Gasteiger partial charge in [0.2, 0.25) is 5.91 Å². The molecule has 20 heavy (non-hydrogen) atoms. The second-order valence-electron chi connectivity index (χ2n) is 4.56. The molecule has 5 heteroatoms. The van der Waals surface area contributed by atoms with E-state index in [0.29, 0.717) is 24.9 Å². The first-order chi connectivity index (χ1) is 9.67. The zero-order valence-corrected chi connectivity index (χ0v) is 13.3. The number of thioether (sulfide) groups is 1. The van der Waals surface area contributed by atoms with Crippen LogP contribution in [0.25, 0.3) is 0 Å². The maximum Gasteiger partial charge on any atom is 0.230 e. The van der Waals surface area contributed by atoms with Gasteiger partial charge in [-0.05, 0) is 38.1 Å². The minimum atomic E-state index is 0.0683. The highest BCUT2D eigenvalue weighted by molar-refractivity contribution is 8.00. The maximum atomic E-state index is 11.6. The van der Waals surface area contributed by atoms with Crippen LogP contribution in [0, 0.1) is 0 Å². The molecule has 1 unspecified atom stereocenters. The van der Waals surface area contributed by atoms with E-state index in [1.807, 2.05) is 7.05 Å². The number of carbonyl (C=O) groups excluding carboxylic acids is 1. The number of hydrogen-bond acceptors (Lipinski definition) is 4. The summed E-state index contributed by atoms with van der Waals surface area (Å²) in [6, 6.07) is 8.66. The molecule has 0 saturated carbocycles. The summed E-state index contributed by atoms with van der Waals surface area (Å²) >= 11 is 1.56. The summed E-state index contributed by atoms with van der Waals surface area (Å²) in [5.41, 5.74) is 1.25. The smallest absolute Gasteiger partial charge is 0.230 e. The molecule has 0 aliphatic carbocycles. The lowest BCUT2D eigenvalue weighted by atomic mass is 10.1. The number of rotatable bonds is 9. The molecule has 2 N–H and O–H groups in total. The molecule has 0 saturated heterocycles. The SMILES string of the molecule is CNC(C)c1ccc(SCC(=O)NCCCOC)cc1. The highest BCUT2D eigenvalue weighted by Gasteiger charge is 2.04.